The number of carboxylic acid groups (broad SMARTS) is 1. The van der Waals surface area contributed by atoms with Crippen molar-refractivity contribution in [2.24, 2.45) is 0 Å². The van der Waals surface area contributed by atoms with E-state index in [4.69, 9.17) is 4.74 Å². The fourth-order valence-electron chi connectivity index (χ4n) is 3.41. The molecule has 176 valence electrons. The highest BCUT2D eigenvalue weighted by atomic mass is 32.2. The molecule has 2 heterocycles. The summed E-state index contributed by atoms with van der Waals surface area (Å²) in [5.41, 5.74) is 0.679. The SMILES string of the molecule is CCNC(=O)SC(C(=O)N[C@H]1C(=O)N2C(C(=O)O)=C(COC(C)=O)CSC12)c1ccccc1. The number of nitrogens with one attached hydrogen (secondary N) is 2. The largest absolute Gasteiger partial charge is 0.477 e. The van der Waals surface area contributed by atoms with Gasteiger partial charge in [0.25, 0.3) is 11.1 Å². The Morgan fingerprint density at radius 2 is 1.97 bits per heavy atom. The van der Waals surface area contributed by atoms with Crippen LogP contribution in [0.3, 0.4) is 0 Å². The molecule has 1 fully saturated rings. The number of ether oxygens (including phenoxy) is 1. The first-order valence-electron chi connectivity index (χ1n) is 10.1. The number of thioether (sulfide) groups is 2. The number of carbonyl (C=O) groups excluding carboxylic acids is 4. The van der Waals surface area contributed by atoms with Gasteiger partial charge >= 0.3 is 11.9 Å². The Morgan fingerprint density at radius 1 is 1.27 bits per heavy atom. The molecule has 3 amide bonds. The van der Waals surface area contributed by atoms with Crippen LogP contribution in [-0.2, 0) is 23.9 Å². The van der Waals surface area contributed by atoms with Gasteiger partial charge in [-0.2, -0.15) is 0 Å². The number of benzene rings is 1. The van der Waals surface area contributed by atoms with E-state index in [0.29, 0.717) is 17.7 Å². The van der Waals surface area contributed by atoms with Gasteiger partial charge in [-0.15, -0.1) is 11.8 Å². The molecule has 0 bridgehead atoms. The van der Waals surface area contributed by atoms with Gasteiger partial charge in [0.05, 0.1) is 0 Å². The van der Waals surface area contributed by atoms with Crippen LogP contribution in [0.25, 0.3) is 0 Å². The lowest BCUT2D eigenvalue weighted by Gasteiger charge is -2.49. The summed E-state index contributed by atoms with van der Waals surface area (Å²) in [6.45, 7) is 3.16. The van der Waals surface area contributed by atoms with Crippen molar-refractivity contribution in [2.75, 3.05) is 18.9 Å². The van der Waals surface area contributed by atoms with Gasteiger partial charge < -0.3 is 20.5 Å². The monoisotopic (exact) mass is 493 g/mol. The third-order valence-electron chi connectivity index (χ3n) is 4.88. The number of fused-ring (bicyclic) bond motifs is 1. The molecule has 3 atom stereocenters. The number of rotatable bonds is 8. The van der Waals surface area contributed by atoms with Crippen molar-refractivity contribution in [2.45, 2.75) is 30.5 Å². The molecule has 2 unspecified atom stereocenters. The van der Waals surface area contributed by atoms with Crippen LogP contribution in [-0.4, -0.2) is 69.3 Å². The van der Waals surface area contributed by atoms with Gasteiger partial charge in [0.2, 0.25) is 5.91 Å². The van der Waals surface area contributed by atoms with E-state index in [1.165, 1.54) is 18.7 Å². The molecule has 12 heteroatoms. The molecule has 0 saturated carbocycles. The number of hydrogen-bond acceptors (Lipinski definition) is 8. The van der Waals surface area contributed by atoms with Crippen molar-refractivity contribution in [1.82, 2.24) is 15.5 Å². The van der Waals surface area contributed by atoms with Gasteiger partial charge in [-0.05, 0) is 24.2 Å². The fraction of sp³-hybridized carbons (Fsp3) is 0.381. The van der Waals surface area contributed by atoms with Crippen molar-refractivity contribution in [3.05, 3.63) is 47.2 Å². The van der Waals surface area contributed by atoms with E-state index in [0.717, 1.165) is 16.7 Å². The first kappa shape index (κ1) is 24.6. The summed E-state index contributed by atoms with van der Waals surface area (Å²) in [7, 11) is 0. The van der Waals surface area contributed by atoms with E-state index in [1.807, 2.05) is 0 Å². The van der Waals surface area contributed by atoms with Gasteiger partial charge in [-0.1, -0.05) is 30.3 Å². The summed E-state index contributed by atoms with van der Waals surface area (Å²) >= 11 is 2.08. The van der Waals surface area contributed by atoms with E-state index in [2.05, 4.69) is 10.6 Å². The topological polar surface area (TPSA) is 142 Å². The molecule has 2 aliphatic rings. The van der Waals surface area contributed by atoms with E-state index in [1.54, 1.807) is 37.3 Å². The van der Waals surface area contributed by atoms with Gasteiger partial charge in [-0.25, -0.2) is 4.79 Å². The van der Waals surface area contributed by atoms with Crippen LogP contribution in [0.4, 0.5) is 4.79 Å². The van der Waals surface area contributed by atoms with Crippen LogP contribution in [0.5, 0.6) is 0 Å². The summed E-state index contributed by atoms with van der Waals surface area (Å²) in [4.78, 5) is 62.1. The minimum absolute atomic E-state index is 0.225. The quantitative estimate of drug-likeness (QED) is 0.363. The number of β-lactam (4-membered cyclic amide) rings is 1. The van der Waals surface area contributed by atoms with Crippen molar-refractivity contribution >= 4 is 52.5 Å². The molecule has 1 aromatic carbocycles. The molecule has 10 nitrogen and oxygen atoms in total. The van der Waals surface area contributed by atoms with Crippen molar-refractivity contribution in [3.63, 3.8) is 0 Å². The third-order valence-corrected chi connectivity index (χ3v) is 7.30. The second-order valence-corrected chi connectivity index (χ2v) is 9.34. The highest BCUT2D eigenvalue weighted by molar-refractivity contribution is 8.14. The van der Waals surface area contributed by atoms with Crippen LogP contribution in [0.1, 0.15) is 24.7 Å². The number of amides is 3. The number of esters is 1. The number of nitrogens with zero attached hydrogens (tertiary/aromatic N) is 1. The Hall–Kier alpha value is -2.99. The average Bonchev–Trinajstić information content (AvgIpc) is 2.79. The highest BCUT2D eigenvalue weighted by Crippen LogP contribution is 2.41. The lowest BCUT2D eigenvalue weighted by molar-refractivity contribution is -0.151. The van der Waals surface area contributed by atoms with Gasteiger partial charge in [0.15, 0.2) is 0 Å². The third kappa shape index (κ3) is 5.50. The van der Waals surface area contributed by atoms with E-state index in [-0.39, 0.29) is 23.3 Å². The van der Waals surface area contributed by atoms with Gasteiger partial charge in [0.1, 0.15) is 29.0 Å². The Balaban J connectivity index is 1.76. The molecule has 33 heavy (non-hydrogen) atoms. The number of hydrogen-bond donors (Lipinski definition) is 3. The van der Waals surface area contributed by atoms with Crippen LogP contribution < -0.4 is 10.6 Å². The van der Waals surface area contributed by atoms with Crippen LogP contribution in [0.2, 0.25) is 0 Å². The lowest BCUT2D eigenvalue weighted by Crippen LogP contribution is -2.70. The van der Waals surface area contributed by atoms with E-state index in [9.17, 15) is 29.1 Å². The van der Waals surface area contributed by atoms with Gasteiger partial charge in [0, 0.05) is 24.8 Å². The van der Waals surface area contributed by atoms with Crippen molar-refractivity contribution in [3.8, 4) is 0 Å². The molecule has 3 N–H and O–H groups in total. The molecule has 0 spiro atoms. The Bertz CT molecular complexity index is 999. The molecule has 1 aromatic rings. The minimum Gasteiger partial charge on any atom is -0.477 e. The number of carboxylic acids is 1. The number of carbonyl (C=O) groups is 5. The maximum Gasteiger partial charge on any atom is 0.352 e. The Kier molecular flexibility index (Phi) is 8.03. The standard InChI is InChI=1S/C21H23N3O7S2/c1-3-22-21(30)33-16(12-7-5-4-6-8-12)17(26)23-14-18(27)24-15(20(28)29)13(9-31-11(2)25)10-32-19(14)24/h4-8,14,16,19H,3,9-10H2,1-2H3,(H,22,30)(H,23,26)(H,28,29)/t14-,16?,19?/m0/s1. The predicted octanol–water partition coefficient (Wildman–Crippen LogP) is 1.49. The van der Waals surface area contributed by atoms with Crippen molar-refractivity contribution in [1.29, 1.82) is 0 Å². The Morgan fingerprint density at radius 3 is 2.58 bits per heavy atom. The zero-order valence-corrected chi connectivity index (χ0v) is 19.5. The Labute approximate surface area is 198 Å². The molecule has 0 radical (unpaired) electrons. The first-order chi connectivity index (χ1) is 15.7. The van der Waals surface area contributed by atoms with Gasteiger partial charge in [-0.3, -0.25) is 24.1 Å². The molecule has 0 aliphatic carbocycles. The molecular formula is C21H23N3O7S2. The van der Waals surface area contributed by atoms with Crippen LogP contribution in [0.15, 0.2) is 41.6 Å². The van der Waals surface area contributed by atoms with Crippen LogP contribution >= 0.6 is 23.5 Å². The second kappa shape index (κ2) is 10.8. The first-order valence-corrected chi connectivity index (χ1v) is 12.0. The highest BCUT2D eigenvalue weighted by Gasteiger charge is 2.54. The summed E-state index contributed by atoms with van der Waals surface area (Å²) in [6.07, 6.45) is 0. The zero-order chi connectivity index (χ0) is 24.1. The molecular weight excluding hydrogens is 470 g/mol. The normalized spacial score (nSPS) is 20.3. The zero-order valence-electron chi connectivity index (χ0n) is 17.9. The molecule has 1 saturated heterocycles. The maximum atomic E-state index is 13.1. The minimum atomic E-state index is -1.31. The summed E-state index contributed by atoms with van der Waals surface area (Å²) in [5.74, 6) is -2.74. The van der Waals surface area contributed by atoms with Crippen LogP contribution in [0, 0.1) is 0 Å². The molecule has 3 rings (SSSR count). The fourth-order valence-corrected chi connectivity index (χ4v) is 5.64. The summed E-state index contributed by atoms with van der Waals surface area (Å²) in [6, 6.07) is 7.77. The predicted molar refractivity (Wildman–Crippen MR) is 122 cm³/mol. The van der Waals surface area contributed by atoms with Crippen molar-refractivity contribution < 1.29 is 33.8 Å². The van der Waals surface area contributed by atoms with E-state index >= 15 is 0 Å². The smallest absolute Gasteiger partial charge is 0.352 e. The van der Waals surface area contributed by atoms with E-state index < -0.39 is 40.4 Å². The average molecular weight is 494 g/mol. The molecule has 2 aliphatic heterocycles. The summed E-state index contributed by atoms with van der Waals surface area (Å²) in [5, 5.41) is 13.1. The summed E-state index contributed by atoms with van der Waals surface area (Å²) < 4.78 is 4.91. The lowest BCUT2D eigenvalue weighted by atomic mass is 10.0. The molecule has 0 aromatic heterocycles. The second-order valence-electron chi connectivity index (χ2n) is 7.16. The maximum absolute atomic E-state index is 13.1. The number of aliphatic carboxylic acids is 1.